The van der Waals surface area contributed by atoms with Gasteiger partial charge in [-0.1, -0.05) is 60.7 Å². The first-order valence-corrected chi connectivity index (χ1v) is 8.09. The summed E-state index contributed by atoms with van der Waals surface area (Å²) in [6.07, 6.45) is 1.47. The summed E-state index contributed by atoms with van der Waals surface area (Å²) in [5, 5.41) is 0. The predicted octanol–water partition coefficient (Wildman–Crippen LogP) is 3.43. The minimum Gasteiger partial charge on any atom is -0.394 e. The molecule has 4 N–H and O–H groups in total. The van der Waals surface area contributed by atoms with Gasteiger partial charge in [-0.3, -0.25) is 0 Å². The molecule has 4 aromatic rings. The molecule has 0 saturated carbocycles. The highest BCUT2D eigenvalue weighted by molar-refractivity contribution is 5.71. The van der Waals surface area contributed by atoms with E-state index in [2.05, 4.69) is 19.9 Å². The maximum Gasteiger partial charge on any atom is 0.199 e. The van der Waals surface area contributed by atoms with Gasteiger partial charge < -0.3 is 11.5 Å². The van der Waals surface area contributed by atoms with Crippen molar-refractivity contribution < 1.29 is 0 Å². The van der Waals surface area contributed by atoms with Gasteiger partial charge in [0, 0.05) is 11.1 Å². The molecule has 0 aliphatic rings. The number of rotatable bonds is 3. The van der Waals surface area contributed by atoms with Gasteiger partial charge in [0.2, 0.25) is 0 Å². The van der Waals surface area contributed by atoms with Gasteiger partial charge in [-0.15, -0.1) is 0 Å². The normalized spacial score (nSPS) is 10.6. The smallest absolute Gasteiger partial charge is 0.199 e. The van der Waals surface area contributed by atoms with Gasteiger partial charge in [0.05, 0.1) is 23.3 Å². The van der Waals surface area contributed by atoms with Crippen molar-refractivity contribution in [3.05, 3.63) is 72.9 Å². The van der Waals surface area contributed by atoms with E-state index >= 15 is 0 Å². The van der Waals surface area contributed by atoms with Crippen LogP contribution in [-0.4, -0.2) is 19.9 Å². The van der Waals surface area contributed by atoms with Crippen LogP contribution in [0.4, 0.5) is 11.5 Å². The molecule has 0 aliphatic carbocycles. The summed E-state index contributed by atoms with van der Waals surface area (Å²) in [6, 6.07) is 21.8. The molecule has 2 heterocycles. The fourth-order valence-electron chi connectivity index (χ4n) is 2.57. The Hall–Kier alpha value is -3.80. The van der Waals surface area contributed by atoms with Gasteiger partial charge in [0.1, 0.15) is 0 Å². The Morgan fingerprint density at radius 1 is 0.615 bits per heavy atom. The van der Waals surface area contributed by atoms with Crippen molar-refractivity contribution in [3.63, 3.8) is 0 Å². The lowest BCUT2D eigenvalue weighted by atomic mass is 10.1. The van der Waals surface area contributed by atoms with E-state index < -0.39 is 0 Å². The SMILES string of the molecule is Nc1cnc(-c2nc(-c3ccccc3)cc(-c3ccccc3)n2)nc1N. The van der Waals surface area contributed by atoms with E-state index in [1.54, 1.807) is 0 Å². The lowest BCUT2D eigenvalue weighted by Crippen LogP contribution is -2.04. The molecule has 0 unspecified atom stereocenters. The van der Waals surface area contributed by atoms with Gasteiger partial charge in [0.25, 0.3) is 0 Å². The molecule has 6 heteroatoms. The summed E-state index contributed by atoms with van der Waals surface area (Å²) >= 11 is 0. The van der Waals surface area contributed by atoms with E-state index in [9.17, 15) is 0 Å². The van der Waals surface area contributed by atoms with Crippen molar-refractivity contribution in [2.45, 2.75) is 0 Å². The Bertz CT molecular complexity index is 991. The van der Waals surface area contributed by atoms with E-state index in [1.807, 2.05) is 66.7 Å². The summed E-state index contributed by atoms with van der Waals surface area (Å²) in [7, 11) is 0. The summed E-state index contributed by atoms with van der Waals surface area (Å²) < 4.78 is 0. The van der Waals surface area contributed by atoms with Crippen molar-refractivity contribution in [2.75, 3.05) is 11.5 Å². The first-order chi connectivity index (χ1) is 12.7. The van der Waals surface area contributed by atoms with Crippen LogP contribution in [0, 0.1) is 0 Å². The molecule has 0 spiro atoms. The highest BCUT2D eigenvalue weighted by Gasteiger charge is 2.13. The molecule has 26 heavy (non-hydrogen) atoms. The van der Waals surface area contributed by atoms with E-state index in [0.717, 1.165) is 22.5 Å². The third-order valence-electron chi connectivity index (χ3n) is 3.91. The summed E-state index contributed by atoms with van der Waals surface area (Å²) in [5.41, 5.74) is 15.4. The molecule has 2 aromatic heterocycles. The minimum absolute atomic E-state index is 0.213. The molecule has 0 radical (unpaired) electrons. The zero-order valence-corrected chi connectivity index (χ0v) is 13.9. The predicted molar refractivity (Wildman–Crippen MR) is 103 cm³/mol. The Morgan fingerprint density at radius 2 is 1.15 bits per heavy atom. The van der Waals surface area contributed by atoms with Crippen LogP contribution < -0.4 is 11.5 Å². The molecule has 6 nitrogen and oxygen atoms in total. The zero-order valence-electron chi connectivity index (χ0n) is 13.9. The highest BCUT2D eigenvalue weighted by Crippen LogP contribution is 2.26. The molecule has 0 amide bonds. The number of hydrogen-bond donors (Lipinski definition) is 2. The van der Waals surface area contributed by atoms with Crippen LogP contribution in [0.25, 0.3) is 34.2 Å². The number of aromatic nitrogens is 4. The quantitative estimate of drug-likeness (QED) is 0.592. The van der Waals surface area contributed by atoms with Gasteiger partial charge >= 0.3 is 0 Å². The topological polar surface area (TPSA) is 104 Å². The number of nitrogens with two attached hydrogens (primary N) is 2. The molecular weight excluding hydrogens is 324 g/mol. The van der Waals surface area contributed by atoms with Gasteiger partial charge in [-0.25, -0.2) is 19.9 Å². The zero-order chi connectivity index (χ0) is 17.9. The lowest BCUT2D eigenvalue weighted by Gasteiger charge is -2.09. The largest absolute Gasteiger partial charge is 0.394 e. The lowest BCUT2D eigenvalue weighted by molar-refractivity contribution is 1.09. The van der Waals surface area contributed by atoms with Gasteiger partial charge in [0.15, 0.2) is 17.5 Å². The van der Waals surface area contributed by atoms with Crippen molar-refractivity contribution in [1.29, 1.82) is 0 Å². The summed E-state index contributed by atoms with van der Waals surface area (Å²) in [6.45, 7) is 0. The van der Waals surface area contributed by atoms with E-state index in [4.69, 9.17) is 11.5 Å². The molecule has 126 valence electrons. The van der Waals surface area contributed by atoms with Gasteiger partial charge in [-0.05, 0) is 6.07 Å². The average Bonchev–Trinajstić information content (AvgIpc) is 2.71. The molecule has 2 aromatic carbocycles. The Morgan fingerprint density at radius 3 is 1.65 bits per heavy atom. The maximum absolute atomic E-state index is 5.82. The van der Waals surface area contributed by atoms with Crippen molar-refractivity contribution in [3.8, 4) is 34.2 Å². The Kier molecular flexibility index (Phi) is 3.99. The van der Waals surface area contributed by atoms with E-state index in [0.29, 0.717) is 17.3 Å². The number of benzene rings is 2. The molecule has 0 fully saturated rings. The first kappa shape index (κ1) is 15.7. The molecule has 0 aliphatic heterocycles. The maximum atomic E-state index is 5.82. The summed E-state index contributed by atoms with van der Waals surface area (Å²) in [4.78, 5) is 17.7. The summed E-state index contributed by atoms with van der Waals surface area (Å²) in [5.74, 6) is 0.952. The molecule has 0 saturated heterocycles. The second-order valence-electron chi connectivity index (χ2n) is 5.73. The standard InChI is InChI=1S/C20H16N6/c21-15-12-23-19(26-18(15)22)20-24-16(13-7-3-1-4-8-13)11-17(25-20)14-9-5-2-6-10-14/h1-12H,21H2,(H2,22,23,26). The van der Waals surface area contributed by atoms with Crippen LogP contribution in [0.2, 0.25) is 0 Å². The fourth-order valence-corrected chi connectivity index (χ4v) is 2.57. The van der Waals surface area contributed by atoms with Crippen LogP contribution in [0.1, 0.15) is 0 Å². The van der Waals surface area contributed by atoms with Crippen LogP contribution in [0.5, 0.6) is 0 Å². The number of nitrogens with zero attached hydrogens (tertiary/aromatic N) is 4. The second kappa shape index (κ2) is 6.60. The fraction of sp³-hybridized carbons (Fsp3) is 0. The van der Waals surface area contributed by atoms with E-state index in [1.165, 1.54) is 6.20 Å². The molecular formula is C20H16N6. The minimum atomic E-state index is 0.213. The number of anilines is 2. The van der Waals surface area contributed by atoms with Crippen molar-refractivity contribution in [2.24, 2.45) is 0 Å². The monoisotopic (exact) mass is 340 g/mol. The Labute approximate surface area is 150 Å². The van der Waals surface area contributed by atoms with Crippen LogP contribution >= 0.6 is 0 Å². The van der Waals surface area contributed by atoms with Crippen LogP contribution in [0.15, 0.2) is 72.9 Å². The first-order valence-electron chi connectivity index (χ1n) is 8.09. The van der Waals surface area contributed by atoms with Gasteiger partial charge in [-0.2, -0.15) is 0 Å². The third kappa shape index (κ3) is 3.08. The highest BCUT2D eigenvalue weighted by atomic mass is 15.0. The molecule has 4 rings (SSSR count). The Balaban J connectivity index is 1.92. The van der Waals surface area contributed by atoms with E-state index in [-0.39, 0.29) is 5.82 Å². The van der Waals surface area contributed by atoms with Crippen LogP contribution in [0.3, 0.4) is 0 Å². The average molecular weight is 340 g/mol. The van der Waals surface area contributed by atoms with Crippen LogP contribution in [-0.2, 0) is 0 Å². The molecule has 0 bridgehead atoms. The van der Waals surface area contributed by atoms with Crippen molar-refractivity contribution in [1.82, 2.24) is 19.9 Å². The number of nitrogen functional groups attached to an aromatic ring is 2. The molecule has 0 atom stereocenters. The van der Waals surface area contributed by atoms with Crippen molar-refractivity contribution >= 4 is 11.5 Å². The second-order valence-corrected chi connectivity index (χ2v) is 5.73. The third-order valence-corrected chi connectivity index (χ3v) is 3.91. The number of hydrogen-bond acceptors (Lipinski definition) is 6.